The van der Waals surface area contributed by atoms with Crippen molar-refractivity contribution in [2.45, 2.75) is 13.8 Å². The Hall–Kier alpha value is -1.16. The average molecular weight is 214 g/mol. The summed E-state index contributed by atoms with van der Waals surface area (Å²) in [5, 5.41) is 3.22. The number of aromatic nitrogens is 2. The van der Waals surface area contributed by atoms with Gasteiger partial charge in [-0.05, 0) is 5.92 Å². The fraction of sp³-hybridized carbons (Fsp3) is 0.444. The molecule has 4 nitrogen and oxygen atoms in total. The number of hydrogen-bond donors (Lipinski definition) is 1. The molecule has 1 rings (SSSR count). The van der Waals surface area contributed by atoms with E-state index in [1.165, 1.54) is 6.33 Å². The molecule has 0 aliphatic carbocycles. The molecule has 0 atom stereocenters. The van der Waals surface area contributed by atoms with E-state index in [2.05, 4.69) is 29.1 Å². The molecule has 1 heterocycles. The minimum Gasteiger partial charge on any atom is -0.369 e. The van der Waals surface area contributed by atoms with Crippen LogP contribution < -0.4 is 5.32 Å². The zero-order valence-corrected chi connectivity index (χ0v) is 8.88. The van der Waals surface area contributed by atoms with Crippen molar-refractivity contribution in [3.05, 3.63) is 17.0 Å². The molecule has 0 saturated heterocycles. The molecular weight excluding hydrogens is 202 g/mol. The van der Waals surface area contributed by atoms with Crippen LogP contribution in [0.1, 0.15) is 24.2 Å². The highest BCUT2D eigenvalue weighted by Gasteiger charge is 2.08. The molecule has 5 heteroatoms. The summed E-state index contributed by atoms with van der Waals surface area (Å²) in [6.07, 6.45) is 1.99. The molecule has 0 radical (unpaired) electrons. The third kappa shape index (κ3) is 2.67. The lowest BCUT2D eigenvalue weighted by atomic mass is 10.2. The van der Waals surface area contributed by atoms with Gasteiger partial charge in [-0.15, -0.1) is 0 Å². The lowest BCUT2D eigenvalue weighted by Crippen LogP contribution is -2.11. The van der Waals surface area contributed by atoms with Gasteiger partial charge in [-0.2, -0.15) is 0 Å². The van der Waals surface area contributed by atoms with Crippen molar-refractivity contribution >= 4 is 23.7 Å². The van der Waals surface area contributed by atoms with Crippen molar-refractivity contribution in [3.63, 3.8) is 0 Å². The first-order chi connectivity index (χ1) is 6.65. The van der Waals surface area contributed by atoms with Crippen LogP contribution in [-0.2, 0) is 0 Å². The van der Waals surface area contributed by atoms with Crippen LogP contribution in [-0.4, -0.2) is 22.8 Å². The highest BCUT2D eigenvalue weighted by Crippen LogP contribution is 2.17. The Morgan fingerprint density at radius 1 is 1.57 bits per heavy atom. The molecule has 0 amide bonds. The summed E-state index contributed by atoms with van der Waals surface area (Å²) in [7, 11) is 0. The number of nitrogens with one attached hydrogen (secondary N) is 1. The summed E-state index contributed by atoms with van der Waals surface area (Å²) in [5.41, 5.74) is 0.315. The summed E-state index contributed by atoms with van der Waals surface area (Å²) < 4.78 is 0. The van der Waals surface area contributed by atoms with Gasteiger partial charge in [0.05, 0.1) is 5.56 Å². The Balaban J connectivity index is 2.85. The number of halogens is 1. The maximum absolute atomic E-state index is 10.7. The van der Waals surface area contributed by atoms with Gasteiger partial charge in [0.2, 0.25) is 0 Å². The van der Waals surface area contributed by atoms with Crippen LogP contribution >= 0.6 is 11.6 Å². The van der Waals surface area contributed by atoms with E-state index in [0.717, 1.165) is 6.54 Å². The molecule has 76 valence electrons. The van der Waals surface area contributed by atoms with Crippen molar-refractivity contribution in [1.29, 1.82) is 0 Å². The fourth-order valence-corrected chi connectivity index (χ4v) is 1.10. The van der Waals surface area contributed by atoms with E-state index in [1.54, 1.807) is 0 Å². The maximum Gasteiger partial charge on any atom is 0.156 e. The van der Waals surface area contributed by atoms with Crippen LogP contribution in [0.5, 0.6) is 0 Å². The summed E-state index contributed by atoms with van der Waals surface area (Å²) in [6.45, 7) is 4.88. The minimum atomic E-state index is 0.182. The van der Waals surface area contributed by atoms with Crippen molar-refractivity contribution in [2.24, 2.45) is 5.92 Å². The zero-order valence-electron chi connectivity index (χ0n) is 8.12. The fourth-order valence-electron chi connectivity index (χ4n) is 0.920. The van der Waals surface area contributed by atoms with Gasteiger partial charge in [0.1, 0.15) is 17.3 Å². The van der Waals surface area contributed by atoms with E-state index in [9.17, 15) is 4.79 Å². The van der Waals surface area contributed by atoms with Crippen LogP contribution in [0.25, 0.3) is 0 Å². The van der Waals surface area contributed by atoms with Crippen LogP contribution in [0.15, 0.2) is 6.33 Å². The highest BCUT2D eigenvalue weighted by molar-refractivity contribution is 6.32. The molecular formula is C9H12ClN3O. The third-order valence-corrected chi connectivity index (χ3v) is 1.93. The molecule has 0 bridgehead atoms. The lowest BCUT2D eigenvalue weighted by molar-refractivity contribution is 0.112. The first-order valence-electron chi connectivity index (χ1n) is 4.34. The number of aldehydes is 1. The second-order valence-electron chi connectivity index (χ2n) is 3.32. The van der Waals surface area contributed by atoms with E-state index < -0.39 is 0 Å². The molecule has 0 fully saturated rings. The second kappa shape index (κ2) is 4.91. The number of hydrogen-bond acceptors (Lipinski definition) is 4. The summed E-state index contributed by atoms with van der Waals surface area (Å²) in [4.78, 5) is 18.4. The molecule has 0 aromatic carbocycles. The van der Waals surface area contributed by atoms with Crippen LogP contribution in [0.3, 0.4) is 0 Å². The van der Waals surface area contributed by atoms with Crippen LogP contribution in [0.4, 0.5) is 5.82 Å². The quantitative estimate of drug-likeness (QED) is 0.614. The molecule has 0 unspecified atom stereocenters. The van der Waals surface area contributed by atoms with Crippen molar-refractivity contribution in [2.75, 3.05) is 11.9 Å². The first kappa shape index (κ1) is 10.9. The number of anilines is 1. The minimum absolute atomic E-state index is 0.182. The summed E-state index contributed by atoms with van der Waals surface area (Å²) >= 11 is 5.72. The highest BCUT2D eigenvalue weighted by atomic mass is 35.5. The molecule has 1 aromatic rings. The number of nitrogens with zero attached hydrogens (tertiary/aromatic N) is 2. The average Bonchev–Trinajstić information content (AvgIpc) is 2.14. The van der Waals surface area contributed by atoms with E-state index in [0.29, 0.717) is 23.6 Å². The molecule has 0 spiro atoms. The van der Waals surface area contributed by atoms with Crippen molar-refractivity contribution in [1.82, 2.24) is 9.97 Å². The predicted molar refractivity (Wildman–Crippen MR) is 55.8 cm³/mol. The lowest BCUT2D eigenvalue weighted by Gasteiger charge is -2.09. The smallest absolute Gasteiger partial charge is 0.156 e. The SMILES string of the molecule is CC(C)CNc1ncnc(Cl)c1C=O. The molecule has 0 aliphatic rings. The van der Waals surface area contributed by atoms with Gasteiger partial charge < -0.3 is 5.32 Å². The second-order valence-corrected chi connectivity index (χ2v) is 3.68. The maximum atomic E-state index is 10.7. The summed E-state index contributed by atoms with van der Waals surface area (Å²) in [5.74, 6) is 0.969. The van der Waals surface area contributed by atoms with Gasteiger partial charge in [0, 0.05) is 6.54 Å². The Bertz CT molecular complexity index is 328. The Kier molecular flexibility index (Phi) is 3.83. The monoisotopic (exact) mass is 213 g/mol. The van der Waals surface area contributed by atoms with Gasteiger partial charge in [0.25, 0.3) is 0 Å². The molecule has 14 heavy (non-hydrogen) atoms. The van der Waals surface area contributed by atoms with Gasteiger partial charge >= 0.3 is 0 Å². The van der Waals surface area contributed by atoms with Gasteiger partial charge in [-0.3, -0.25) is 4.79 Å². The van der Waals surface area contributed by atoms with E-state index in [-0.39, 0.29) is 5.15 Å². The van der Waals surface area contributed by atoms with E-state index >= 15 is 0 Å². The van der Waals surface area contributed by atoms with E-state index in [4.69, 9.17) is 11.6 Å². The number of carbonyl (C=O) groups is 1. The predicted octanol–water partition coefficient (Wildman–Crippen LogP) is 2.01. The zero-order chi connectivity index (χ0) is 10.6. The van der Waals surface area contributed by atoms with Gasteiger partial charge in [-0.25, -0.2) is 9.97 Å². The molecule has 0 aliphatic heterocycles. The summed E-state index contributed by atoms with van der Waals surface area (Å²) in [6, 6.07) is 0. The Morgan fingerprint density at radius 2 is 2.29 bits per heavy atom. The van der Waals surface area contributed by atoms with Crippen molar-refractivity contribution < 1.29 is 4.79 Å². The van der Waals surface area contributed by atoms with Gasteiger partial charge in [-0.1, -0.05) is 25.4 Å². The van der Waals surface area contributed by atoms with Crippen LogP contribution in [0, 0.1) is 5.92 Å². The number of rotatable bonds is 4. The Labute approximate surface area is 87.7 Å². The standard InChI is InChI=1S/C9H12ClN3O/c1-6(2)3-11-9-7(4-14)8(10)12-5-13-9/h4-6H,3H2,1-2H3,(H,11,12,13). The van der Waals surface area contributed by atoms with Gasteiger partial charge in [0.15, 0.2) is 6.29 Å². The molecule has 0 saturated carbocycles. The normalized spacial score (nSPS) is 10.3. The van der Waals surface area contributed by atoms with Crippen molar-refractivity contribution in [3.8, 4) is 0 Å². The molecule has 1 N–H and O–H groups in total. The first-order valence-corrected chi connectivity index (χ1v) is 4.72. The van der Waals surface area contributed by atoms with Crippen LogP contribution in [0.2, 0.25) is 5.15 Å². The Morgan fingerprint density at radius 3 is 2.86 bits per heavy atom. The number of carbonyl (C=O) groups excluding carboxylic acids is 1. The topological polar surface area (TPSA) is 54.9 Å². The van der Waals surface area contributed by atoms with E-state index in [1.807, 2.05) is 0 Å². The third-order valence-electron chi connectivity index (χ3n) is 1.63. The molecule has 1 aromatic heterocycles. The largest absolute Gasteiger partial charge is 0.369 e.